The van der Waals surface area contributed by atoms with Gasteiger partial charge in [0, 0.05) is 6.26 Å². The summed E-state index contributed by atoms with van der Waals surface area (Å²) in [6.07, 6.45) is 0.787. The second-order valence-corrected chi connectivity index (χ2v) is 6.90. The van der Waals surface area contributed by atoms with E-state index in [1.807, 2.05) is 13.8 Å². The van der Waals surface area contributed by atoms with E-state index in [4.69, 9.17) is 4.52 Å². The van der Waals surface area contributed by atoms with Crippen LogP contribution in [0.15, 0.2) is 4.52 Å². The third kappa shape index (κ3) is 3.78. The molecule has 0 aliphatic carbocycles. The predicted molar refractivity (Wildman–Crippen MR) is 62.1 cm³/mol. The molecule has 0 radical (unpaired) electrons. The van der Waals surface area contributed by atoms with Crippen LogP contribution in [0.25, 0.3) is 0 Å². The minimum absolute atomic E-state index is 0.0812. The highest BCUT2D eigenvalue weighted by atomic mass is 32.2. The number of aliphatic hydroxyl groups excluding tert-OH is 1. The van der Waals surface area contributed by atoms with Gasteiger partial charge in [-0.2, -0.15) is 4.98 Å². The van der Waals surface area contributed by atoms with Gasteiger partial charge in [0.25, 0.3) is 0 Å². The van der Waals surface area contributed by atoms with Gasteiger partial charge in [-0.3, -0.25) is 0 Å². The van der Waals surface area contributed by atoms with Crippen molar-refractivity contribution in [1.82, 2.24) is 10.1 Å². The highest BCUT2D eigenvalue weighted by molar-refractivity contribution is 7.90. The van der Waals surface area contributed by atoms with Crippen molar-refractivity contribution < 1.29 is 18.0 Å². The average molecular weight is 262 g/mol. The number of rotatable bonds is 5. The van der Waals surface area contributed by atoms with E-state index in [2.05, 4.69) is 10.1 Å². The molecule has 0 fully saturated rings. The van der Waals surface area contributed by atoms with Crippen molar-refractivity contribution in [2.45, 2.75) is 38.5 Å². The molecule has 1 N–H and O–H groups in total. The Hall–Kier alpha value is -0.950. The van der Waals surface area contributed by atoms with Crippen LogP contribution in [-0.4, -0.2) is 36.0 Å². The average Bonchev–Trinajstić information content (AvgIpc) is 2.63. The minimum atomic E-state index is -3.23. The van der Waals surface area contributed by atoms with Crippen molar-refractivity contribution in [2.24, 2.45) is 5.92 Å². The molecule has 98 valence electrons. The Bertz CT molecular complexity index is 466. The maximum Gasteiger partial charge on any atom is 0.229 e. The van der Waals surface area contributed by atoms with Gasteiger partial charge in [-0.25, -0.2) is 8.42 Å². The van der Waals surface area contributed by atoms with E-state index < -0.39 is 21.2 Å². The van der Waals surface area contributed by atoms with E-state index in [1.165, 1.54) is 6.92 Å². The van der Waals surface area contributed by atoms with Crippen molar-refractivity contribution in [3.05, 3.63) is 11.7 Å². The summed E-state index contributed by atoms with van der Waals surface area (Å²) in [5.41, 5.74) is 0. The van der Waals surface area contributed by atoms with Gasteiger partial charge < -0.3 is 9.63 Å². The summed E-state index contributed by atoms with van der Waals surface area (Å²) in [7, 11) is -3.23. The lowest BCUT2D eigenvalue weighted by molar-refractivity contribution is 0.116. The molecule has 1 heterocycles. The topological polar surface area (TPSA) is 93.3 Å². The van der Waals surface area contributed by atoms with Crippen LogP contribution in [-0.2, 0) is 16.3 Å². The van der Waals surface area contributed by atoms with Gasteiger partial charge in [0.15, 0.2) is 15.7 Å². The van der Waals surface area contributed by atoms with Gasteiger partial charge >= 0.3 is 0 Å². The maximum absolute atomic E-state index is 11.3. The van der Waals surface area contributed by atoms with Crippen molar-refractivity contribution in [3.63, 3.8) is 0 Å². The largest absolute Gasteiger partial charge is 0.392 e. The predicted octanol–water partition coefficient (Wildman–Crippen LogP) is 0.735. The SMILES string of the molecule is CC(C)C(O)Cc1nc(C(C)S(C)(=O)=O)no1. The molecule has 0 spiro atoms. The van der Waals surface area contributed by atoms with Gasteiger partial charge in [-0.05, 0) is 12.8 Å². The molecular formula is C10H18N2O4S. The summed E-state index contributed by atoms with van der Waals surface area (Å²) in [6, 6.07) is 0. The second kappa shape index (κ2) is 5.14. The van der Waals surface area contributed by atoms with Gasteiger partial charge in [-0.15, -0.1) is 0 Å². The van der Waals surface area contributed by atoms with E-state index in [-0.39, 0.29) is 24.1 Å². The van der Waals surface area contributed by atoms with Crippen molar-refractivity contribution in [3.8, 4) is 0 Å². The summed E-state index contributed by atoms with van der Waals surface area (Å²) in [4.78, 5) is 3.98. The fraction of sp³-hybridized carbons (Fsp3) is 0.800. The van der Waals surface area contributed by atoms with E-state index in [0.717, 1.165) is 6.26 Å². The monoisotopic (exact) mass is 262 g/mol. The van der Waals surface area contributed by atoms with Crippen molar-refractivity contribution in [2.75, 3.05) is 6.26 Å². The zero-order chi connectivity index (χ0) is 13.2. The molecular weight excluding hydrogens is 244 g/mol. The Morgan fingerprint density at radius 3 is 2.41 bits per heavy atom. The summed E-state index contributed by atoms with van der Waals surface area (Å²) in [5.74, 6) is 0.479. The van der Waals surface area contributed by atoms with Crippen LogP contribution in [0.5, 0.6) is 0 Å². The fourth-order valence-electron chi connectivity index (χ4n) is 1.12. The van der Waals surface area contributed by atoms with Crippen LogP contribution in [0.3, 0.4) is 0 Å². The lowest BCUT2D eigenvalue weighted by atomic mass is 10.0. The standard InChI is InChI=1S/C10H18N2O4S/c1-6(2)8(13)5-9-11-10(12-16-9)7(3)17(4,14)15/h6-8,13H,5H2,1-4H3. The number of sulfone groups is 1. The summed E-state index contributed by atoms with van der Waals surface area (Å²) < 4.78 is 27.5. The van der Waals surface area contributed by atoms with Crippen LogP contribution in [0, 0.1) is 5.92 Å². The van der Waals surface area contributed by atoms with Crippen molar-refractivity contribution in [1.29, 1.82) is 0 Å². The van der Waals surface area contributed by atoms with Gasteiger partial charge in [0.05, 0.1) is 12.5 Å². The molecule has 1 aromatic heterocycles. The van der Waals surface area contributed by atoms with Gasteiger partial charge in [0.2, 0.25) is 5.89 Å². The van der Waals surface area contributed by atoms with Crippen molar-refractivity contribution >= 4 is 9.84 Å². The number of aliphatic hydroxyl groups is 1. The molecule has 0 amide bonds. The molecule has 6 nitrogen and oxygen atoms in total. The highest BCUT2D eigenvalue weighted by Gasteiger charge is 2.24. The van der Waals surface area contributed by atoms with Crippen LogP contribution in [0.1, 0.15) is 37.7 Å². The summed E-state index contributed by atoms with van der Waals surface area (Å²) in [6.45, 7) is 5.25. The molecule has 0 bridgehead atoms. The molecule has 2 atom stereocenters. The zero-order valence-electron chi connectivity index (χ0n) is 10.4. The molecule has 17 heavy (non-hydrogen) atoms. The first-order valence-electron chi connectivity index (χ1n) is 5.41. The normalized spacial score (nSPS) is 16.1. The first kappa shape index (κ1) is 14.1. The molecule has 1 rings (SSSR count). The van der Waals surface area contributed by atoms with Crippen LogP contribution in [0.4, 0.5) is 0 Å². The van der Waals surface area contributed by atoms with Gasteiger partial charge in [-0.1, -0.05) is 19.0 Å². The molecule has 0 aromatic carbocycles. The third-order valence-electron chi connectivity index (χ3n) is 2.64. The van der Waals surface area contributed by atoms with E-state index >= 15 is 0 Å². The number of hydrogen-bond acceptors (Lipinski definition) is 6. The first-order chi connectivity index (χ1) is 7.71. The number of nitrogens with zero attached hydrogens (tertiary/aromatic N) is 2. The Balaban J connectivity index is 2.79. The van der Waals surface area contributed by atoms with E-state index in [9.17, 15) is 13.5 Å². The molecule has 7 heteroatoms. The Morgan fingerprint density at radius 2 is 1.94 bits per heavy atom. The molecule has 0 saturated carbocycles. The lowest BCUT2D eigenvalue weighted by Gasteiger charge is -2.10. The fourth-order valence-corrected chi connectivity index (χ4v) is 1.60. The van der Waals surface area contributed by atoms with Gasteiger partial charge in [0.1, 0.15) is 5.25 Å². The quantitative estimate of drug-likeness (QED) is 0.841. The second-order valence-electron chi connectivity index (χ2n) is 4.53. The molecule has 0 saturated heterocycles. The van der Waals surface area contributed by atoms with E-state index in [1.54, 1.807) is 0 Å². The molecule has 1 aromatic rings. The molecule has 0 aliphatic heterocycles. The Morgan fingerprint density at radius 1 is 1.35 bits per heavy atom. The minimum Gasteiger partial charge on any atom is -0.392 e. The van der Waals surface area contributed by atoms with Crippen LogP contribution in [0.2, 0.25) is 0 Å². The molecule has 0 aliphatic rings. The van der Waals surface area contributed by atoms with E-state index in [0.29, 0.717) is 0 Å². The zero-order valence-corrected chi connectivity index (χ0v) is 11.2. The Labute approximate surface area is 101 Å². The first-order valence-corrected chi connectivity index (χ1v) is 7.36. The smallest absolute Gasteiger partial charge is 0.229 e. The molecule has 2 unspecified atom stereocenters. The Kier molecular flexibility index (Phi) is 4.26. The maximum atomic E-state index is 11.3. The third-order valence-corrected chi connectivity index (χ3v) is 4.14. The summed E-state index contributed by atoms with van der Waals surface area (Å²) in [5, 5.41) is 12.5. The van der Waals surface area contributed by atoms with Crippen LogP contribution >= 0.6 is 0 Å². The lowest BCUT2D eigenvalue weighted by Crippen LogP contribution is -2.18. The number of aromatic nitrogens is 2. The highest BCUT2D eigenvalue weighted by Crippen LogP contribution is 2.18. The summed E-state index contributed by atoms with van der Waals surface area (Å²) >= 11 is 0. The van der Waals surface area contributed by atoms with Crippen LogP contribution < -0.4 is 0 Å². The number of hydrogen-bond donors (Lipinski definition) is 1.